The summed E-state index contributed by atoms with van der Waals surface area (Å²) in [6.07, 6.45) is 1.68. The molecule has 7 heteroatoms. The van der Waals surface area contributed by atoms with Gasteiger partial charge in [0.25, 0.3) is 11.8 Å². The van der Waals surface area contributed by atoms with E-state index >= 15 is 0 Å². The zero-order valence-corrected chi connectivity index (χ0v) is 17.2. The SMILES string of the molecule is CC(C)NC(=O)c1ccc(OC[C@H]2CCCN(C(=O)c3ccc(F)cc3F)C2)cc1. The van der Waals surface area contributed by atoms with Gasteiger partial charge in [-0.3, -0.25) is 9.59 Å². The number of carbonyl (C=O) groups excluding carboxylic acids is 2. The number of halogens is 2. The molecule has 1 aliphatic heterocycles. The van der Waals surface area contributed by atoms with Crippen molar-refractivity contribution in [2.24, 2.45) is 5.92 Å². The molecule has 1 atom stereocenters. The Hall–Kier alpha value is -2.96. The Morgan fingerprint density at radius 3 is 2.57 bits per heavy atom. The number of piperidine rings is 1. The Bertz CT molecular complexity index is 900. The van der Waals surface area contributed by atoms with E-state index in [2.05, 4.69) is 5.32 Å². The Kier molecular flexibility index (Phi) is 7.03. The van der Waals surface area contributed by atoms with Crippen molar-refractivity contribution in [2.45, 2.75) is 32.7 Å². The summed E-state index contributed by atoms with van der Waals surface area (Å²) in [5, 5.41) is 2.83. The predicted octanol–water partition coefficient (Wildman–Crippen LogP) is 4.03. The van der Waals surface area contributed by atoms with Crippen LogP contribution >= 0.6 is 0 Å². The third kappa shape index (κ3) is 5.55. The van der Waals surface area contributed by atoms with Gasteiger partial charge in [-0.15, -0.1) is 0 Å². The molecule has 1 fully saturated rings. The van der Waals surface area contributed by atoms with Crippen LogP contribution in [0.2, 0.25) is 0 Å². The van der Waals surface area contributed by atoms with Gasteiger partial charge in [0.15, 0.2) is 0 Å². The number of rotatable bonds is 6. The molecule has 0 radical (unpaired) electrons. The second-order valence-electron chi connectivity index (χ2n) is 7.85. The highest BCUT2D eigenvalue weighted by Crippen LogP contribution is 2.22. The Labute approximate surface area is 175 Å². The molecule has 5 nitrogen and oxygen atoms in total. The molecule has 2 aromatic carbocycles. The van der Waals surface area contributed by atoms with Crippen molar-refractivity contribution in [3.05, 3.63) is 65.2 Å². The molecular weight excluding hydrogens is 390 g/mol. The van der Waals surface area contributed by atoms with Crippen molar-refractivity contribution in [2.75, 3.05) is 19.7 Å². The van der Waals surface area contributed by atoms with Gasteiger partial charge < -0.3 is 15.0 Å². The standard InChI is InChI=1S/C23H26F2N2O3/c1-15(2)26-22(28)17-5-8-19(9-6-17)30-14-16-4-3-11-27(13-16)23(29)20-10-7-18(24)12-21(20)25/h5-10,12,15-16H,3-4,11,13-14H2,1-2H3,(H,26,28)/t16-/m0/s1. The number of ether oxygens (including phenoxy) is 1. The summed E-state index contributed by atoms with van der Waals surface area (Å²) in [6, 6.07) is 9.97. The summed E-state index contributed by atoms with van der Waals surface area (Å²) in [5.41, 5.74) is 0.444. The second-order valence-corrected chi connectivity index (χ2v) is 7.85. The number of hydrogen-bond donors (Lipinski definition) is 1. The van der Waals surface area contributed by atoms with E-state index in [0.29, 0.717) is 31.0 Å². The van der Waals surface area contributed by atoms with Crippen LogP contribution < -0.4 is 10.1 Å². The molecule has 0 aliphatic carbocycles. The monoisotopic (exact) mass is 416 g/mol. The third-order valence-electron chi connectivity index (χ3n) is 4.99. The highest BCUT2D eigenvalue weighted by molar-refractivity contribution is 5.95. The molecule has 1 heterocycles. The van der Waals surface area contributed by atoms with E-state index in [0.717, 1.165) is 25.0 Å². The lowest BCUT2D eigenvalue weighted by Crippen LogP contribution is -2.41. The van der Waals surface area contributed by atoms with Gasteiger partial charge in [0.1, 0.15) is 17.4 Å². The Morgan fingerprint density at radius 2 is 1.90 bits per heavy atom. The van der Waals surface area contributed by atoms with Gasteiger partial charge in [0, 0.05) is 36.7 Å². The predicted molar refractivity (Wildman–Crippen MR) is 110 cm³/mol. The van der Waals surface area contributed by atoms with Crippen molar-refractivity contribution in [1.29, 1.82) is 0 Å². The van der Waals surface area contributed by atoms with Gasteiger partial charge in [-0.2, -0.15) is 0 Å². The molecule has 1 N–H and O–H groups in total. The number of amides is 2. The summed E-state index contributed by atoms with van der Waals surface area (Å²) in [6.45, 7) is 5.19. The minimum Gasteiger partial charge on any atom is -0.493 e. The lowest BCUT2D eigenvalue weighted by molar-refractivity contribution is 0.0628. The molecule has 0 spiro atoms. The molecule has 0 aromatic heterocycles. The molecule has 3 rings (SSSR count). The van der Waals surface area contributed by atoms with Crippen LogP contribution in [0.5, 0.6) is 5.75 Å². The molecule has 1 aliphatic rings. The maximum Gasteiger partial charge on any atom is 0.256 e. The summed E-state index contributed by atoms with van der Waals surface area (Å²) in [5.74, 6) is -1.37. The first-order chi connectivity index (χ1) is 14.3. The minimum atomic E-state index is -0.847. The molecule has 0 saturated carbocycles. The second kappa shape index (κ2) is 9.69. The van der Waals surface area contributed by atoms with E-state index < -0.39 is 17.5 Å². The van der Waals surface area contributed by atoms with Crippen LogP contribution in [0.4, 0.5) is 8.78 Å². The van der Waals surface area contributed by atoms with E-state index in [1.807, 2.05) is 13.8 Å². The Morgan fingerprint density at radius 1 is 1.17 bits per heavy atom. The van der Waals surface area contributed by atoms with Crippen molar-refractivity contribution in [3.8, 4) is 5.75 Å². The van der Waals surface area contributed by atoms with E-state index in [4.69, 9.17) is 4.74 Å². The van der Waals surface area contributed by atoms with E-state index in [1.165, 1.54) is 6.07 Å². The fourth-order valence-electron chi connectivity index (χ4n) is 3.48. The van der Waals surface area contributed by atoms with Crippen molar-refractivity contribution in [3.63, 3.8) is 0 Å². The molecule has 1 saturated heterocycles. The smallest absolute Gasteiger partial charge is 0.256 e. The quantitative estimate of drug-likeness (QED) is 0.773. The molecule has 2 aromatic rings. The van der Waals surface area contributed by atoms with Crippen molar-refractivity contribution >= 4 is 11.8 Å². The minimum absolute atomic E-state index is 0.0637. The highest BCUT2D eigenvalue weighted by Gasteiger charge is 2.26. The maximum absolute atomic E-state index is 13.9. The normalized spacial score (nSPS) is 16.4. The number of likely N-dealkylation sites (tertiary alicyclic amines) is 1. The zero-order chi connectivity index (χ0) is 21.7. The van der Waals surface area contributed by atoms with Crippen molar-refractivity contribution < 1.29 is 23.1 Å². The third-order valence-corrected chi connectivity index (χ3v) is 4.99. The first-order valence-electron chi connectivity index (χ1n) is 10.1. The largest absolute Gasteiger partial charge is 0.493 e. The van der Waals surface area contributed by atoms with Gasteiger partial charge in [-0.25, -0.2) is 8.78 Å². The summed E-state index contributed by atoms with van der Waals surface area (Å²) >= 11 is 0. The van der Waals surface area contributed by atoms with Crippen LogP contribution in [0.1, 0.15) is 47.4 Å². The average molecular weight is 416 g/mol. The maximum atomic E-state index is 13.9. The Balaban J connectivity index is 1.55. The number of hydrogen-bond acceptors (Lipinski definition) is 3. The lowest BCUT2D eigenvalue weighted by atomic mass is 9.98. The number of carbonyl (C=O) groups is 2. The number of nitrogens with one attached hydrogen (secondary N) is 1. The first kappa shape index (κ1) is 21.7. The van der Waals surface area contributed by atoms with Gasteiger partial charge in [-0.05, 0) is 63.1 Å². The van der Waals surface area contributed by atoms with Gasteiger partial charge in [0.05, 0.1) is 12.2 Å². The fourth-order valence-corrected chi connectivity index (χ4v) is 3.48. The van der Waals surface area contributed by atoms with Gasteiger partial charge >= 0.3 is 0 Å². The summed E-state index contributed by atoms with van der Waals surface area (Å²) in [4.78, 5) is 26.2. The van der Waals surface area contributed by atoms with Crippen LogP contribution in [-0.4, -0.2) is 42.5 Å². The van der Waals surface area contributed by atoms with Gasteiger partial charge in [-0.1, -0.05) is 0 Å². The lowest BCUT2D eigenvalue weighted by Gasteiger charge is -2.32. The number of nitrogens with zero attached hydrogens (tertiary/aromatic N) is 1. The molecule has 0 unspecified atom stereocenters. The molecular formula is C23H26F2N2O3. The van der Waals surface area contributed by atoms with E-state index in [9.17, 15) is 18.4 Å². The molecule has 30 heavy (non-hydrogen) atoms. The van der Waals surface area contributed by atoms with Crippen LogP contribution in [-0.2, 0) is 0 Å². The first-order valence-corrected chi connectivity index (χ1v) is 10.1. The average Bonchev–Trinajstić information content (AvgIpc) is 2.72. The van der Waals surface area contributed by atoms with Crippen LogP contribution in [0.15, 0.2) is 42.5 Å². The molecule has 160 valence electrons. The van der Waals surface area contributed by atoms with Crippen LogP contribution in [0.25, 0.3) is 0 Å². The topological polar surface area (TPSA) is 58.6 Å². The van der Waals surface area contributed by atoms with E-state index in [1.54, 1.807) is 29.2 Å². The molecule has 2 amide bonds. The fraction of sp³-hybridized carbons (Fsp3) is 0.391. The van der Waals surface area contributed by atoms with E-state index in [-0.39, 0.29) is 23.4 Å². The highest BCUT2D eigenvalue weighted by atomic mass is 19.1. The number of benzene rings is 2. The van der Waals surface area contributed by atoms with Gasteiger partial charge in [0.2, 0.25) is 0 Å². The van der Waals surface area contributed by atoms with Crippen molar-refractivity contribution in [1.82, 2.24) is 10.2 Å². The van der Waals surface area contributed by atoms with Crippen LogP contribution in [0, 0.1) is 17.6 Å². The summed E-state index contributed by atoms with van der Waals surface area (Å²) in [7, 11) is 0. The molecule has 0 bridgehead atoms. The summed E-state index contributed by atoms with van der Waals surface area (Å²) < 4.78 is 32.9. The zero-order valence-electron chi connectivity index (χ0n) is 17.2. The van der Waals surface area contributed by atoms with Crippen LogP contribution in [0.3, 0.4) is 0 Å².